The molecule has 0 radical (unpaired) electrons. The van der Waals surface area contributed by atoms with Crippen molar-refractivity contribution >= 4 is 5.78 Å². The molecule has 1 unspecified atom stereocenters. The van der Waals surface area contributed by atoms with Crippen molar-refractivity contribution in [3.63, 3.8) is 0 Å². The minimum Gasteiger partial charge on any atom is -0.299 e. The van der Waals surface area contributed by atoms with E-state index in [2.05, 4.69) is 13.8 Å². The number of carbonyl (C=O) groups excluding carboxylic acids is 1. The van der Waals surface area contributed by atoms with Gasteiger partial charge in [0.05, 0.1) is 0 Å². The Morgan fingerprint density at radius 2 is 1.69 bits per heavy atom. The first-order valence-corrected chi connectivity index (χ1v) is 5.75. The Morgan fingerprint density at radius 3 is 2.23 bits per heavy atom. The normalized spacial score (nSPS) is 12.8. The van der Waals surface area contributed by atoms with Crippen molar-refractivity contribution in [2.24, 2.45) is 5.92 Å². The third-order valence-electron chi connectivity index (χ3n) is 2.64. The molecule has 0 aromatic heterocycles. The maximum Gasteiger partial charge on any atom is 0.135 e. The van der Waals surface area contributed by atoms with Crippen molar-refractivity contribution in [3.8, 4) is 0 Å². The first-order chi connectivity index (χ1) is 6.22. The smallest absolute Gasteiger partial charge is 0.135 e. The van der Waals surface area contributed by atoms with Crippen LogP contribution in [0, 0.1) is 5.92 Å². The highest BCUT2D eigenvalue weighted by atomic mass is 16.1. The second-order valence-electron chi connectivity index (χ2n) is 3.92. The van der Waals surface area contributed by atoms with Gasteiger partial charge in [0.1, 0.15) is 5.78 Å². The van der Waals surface area contributed by atoms with Crippen LogP contribution < -0.4 is 0 Å². The summed E-state index contributed by atoms with van der Waals surface area (Å²) >= 11 is 0. The van der Waals surface area contributed by atoms with Crippen LogP contribution in [0.25, 0.3) is 0 Å². The van der Waals surface area contributed by atoms with E-state index < -0.39 is 0 Å². The van der Waals surface area contributed by atoms with Gasteiger partial charge in [-0.3, -0.25) is 4.79 Å². The number of hydrogen-bond donors (Lipinski definition) is 0. The molecule has 1 nitrogen and oxygen atoms in total. The number of carbonyl (C=O) groups is 1. The molecule has 0 saturated carbocycles. The molecule has 0 heterocycles. The summed E-state index contributed by atoms with van der Waals surface area (Å²) in [7, 11) is 0. The van der Waals surface area contributed by atoms with Crippen LogP contribution in [0.2, 0.25) is 0 Å². The van der Waals surface area contributed by atoms with E-state index in [0.29, 0.717) is 18.1 Å². The zero-order chi connectivity index (χ0) is 10.1. The van der Waals surface area contributed by atoms with Crippen molar-refractivity contribution in [2.75, 3.05) is 0 Å². The van der Waals surface area contributed by atoms with E-state index in [1.165, 1.54) is 32.1 Å². The molecule has 0 aromatic carbocycles. The summed E-state index contributed by atoms with van der Waals surface area (Å²) in [5.41, 5.74) is 0. The highest BCUT2D eigenvalue weighted by molar-refractivity contribution is 5.80. The van der Waals surface area contributed by atoms with Crippen molar-refractivity contribution < 1.29 is 4.79 Å². The standard InChI is InChI=1S/C12H24O/c1-4-6-7-8-9-10-11(3)12(13)5-2/h11H,4-10H2,1-3H3. The van der Waals surface area contributed by atoms with Crippen LogP contribution in [0.5, 0.6) is 0 Å². The van der Waals surface area contributed by atoms with E-state index >= 15 is 0 Å². The van der Waals surface area contributed by atoms with E-state index in [4.69, 9.17) is 0 Å². The minimum atomic E-state index is 0.298. The van der Waals surface area contributed by atoms with Crippen molar-refractivity contribution in [1.29, 1.82) is 0 Å². The Hall–Kier alpha value is -0.330. The number of rotatable bonds is 8. The summed E-state index contributed by atoms with van der Waals surface area (Å²) in [6.07, 6.45) is 8.30. The molecule has 78 valence electrons. The summed E-state index contributed by atoms with van der Waals surface area (Å²) in [6.45, 7) is 6.24. The van der Waals surface area contributed by atoms with Crippen LogP contribution in [0.3, 0.4) is 0 Å². The molecule has 0 aliphatic carbocycles. The monoisotopic (exact) mass is 184 g/mol. The van der Waals surface area contributed by atoms with E-state index in [1.807, 2.05) is 6.92 Å². The van der Waals surface area contributed by atoms with Gasteiger partial charge >= 0.3 is 0 Å². The van der Waals surface area contributed by atoms with Gasteiger partial charge in [-0.05, 0) is 6.42 Å². The largest absolute Gasteiger partial charge is 0.299 e. The van der Waals surface area contributed by atoms with Crippen molar-refractivity contribution in [2.45, 2.75) is 65.7 Å². The van der Waals surface area contributed by atoms with Gasteiger partial charge in [-0.2, -0.15) is 0 Å². The molecule has 0 amide bonds. The van der Waals surface area contributed by atoms with Crippen molar-refractivity contribution in [1.82, 2.24) is 0 Å². The molecule has 1 atom stereocenters. The van der Waals surface area contributed by atoms with Crippen LogP contribution in [0.4, 0.5) is 0 Å². The summed E-state index contributed by atoms with van der Waals surface area (Å²) in [5.74, 6) is 0.724. The lowest BCUT2D eigenvalue weighted by molar-refractivity contribution is -0.122. The van der Waals surface area contributed by atoms with Crippen LogP contribution >= 0.6 is 0 Å². The molecule has 0 aliphatic rings. The number of hydrogen-bond acceptors (Lipinski definition) is 1. The second kappa shape index (κ2) is 8.28. The Morgan fingerprint density at radius 1 is 1.08 bits per heavy atom. The fraction of sp³-hybridized carbons (Fsp3) is 0.917. The van der Waals surface area contributed by atoms with Gasteiger partial charge in [-0.1, -0.05) is 52.9 Å². The molecule has 1 heteroatoms. The van der Waals surface area contributed by atoms with E-state index in [1.54, 1.807) is 0 Å². The Kier molecular flexibility index (Phi) is 8.07. The quantitative estimate of drug-likeness (QED) is 0.522. The Bertz CT molecular complexity index is 129. The molecule has 0 aromatic rings. The molecule has 0 N–H and O–H groups in total. The van der Waals surface area contributed by atoms with Gasteiger partial charge in [0.25, 0.3) is 0 Å². The van der Waals surface area contributed by atoms with Gasteiger partial charge in [0.15, 0.2) is 0 Å². The molecular formula is C12H24O. The van der Waals surface area contributed by atoms with Crippen LogP contribution in [0.15, 0.2) is 0 Å². The molecule has 13 heavy (non-hydrogen) atoms. The Labute approximate surface area is 82.9 Å². The Balaban J connectivity index is 3.26. The van der Waals surface area contributed by atoms with Gasteiger partial charge in [-0.15, -0.1) is 0 Å². The first-order valence-electron chi connectivity index (χ1n) is 5.75. The lowest BCUT2D eigenvalue weighted by Crippen LogP contribution is -2.08. The molecule has 0 aliphatic heterocycles. The number of unbranched alkanes of at least 4 members (excludes halogenated alkanes) is 4. The molecule has 0 fully saturated rings. The van der Waals surface area contributed by atoms with Gasteiger partial charge in [-0.25, -0.2) is 0 Å². The van der Waals surface area contributed by atoms with E-state index in [9.17, 15) is 4.79 Å². The SMILES string of the molecule is CCCCCCCC(C)C(=O)CC. The van der Waals surface area contributed by atoms with Gasteiger partial charge in [0, 0.05) is 12.3 Å². The van der Waals surface area contributed by atoms with Gasteiger partial charge < -0.3 is 0 Å². The lowest BCUT2D eigenvalue weighted by Gasteiger charge is -2.07. The van der Waals surface area contributed by atoms with E-state index in [-0.39, 0.29) is 0 Å². The fourth-order valence-corrected chi connectivity index (χ4v) is 1.56. The average Bonchev–Trinajstić information content (AvgIpc) is 2.16. The zero-order valence-electron chi connectivity index (χ0n) is 9.44. The summed E-state index contributed by atoms with van der Waals surface area (Å²) < 4.78 is 0. The third-order valence-corrected chi connectivity index (χ3v) is 2.64. The third kappa shape index (κ3) is 6.80. The molecule has 0 bridgehead atoms. The molecule has 0 spiro atoms. The predicted octanol–water partition coefficient (Wildman–Crippen LogP) is 3.96. The predicted molar refractivity (Wildman–Crippen MR) is 57.8 cm³/mol. The summed E-state index contributed by atoms with van der Waals surface area (Å²) in [4.78, 5) is 11.2. The maximum absolute atomic E-state index is 11.2. The number of Topliss-reactive ketones (excluding diaryl/α,β-unsaturated/α-hetero) is 1. The zero-order valence-corrected chi connectivity index (χ0v) is 9.44. The van der Waals surface area contributed by atoms with Crippen LogP contribution in [0.1, 0.15) is 65.7 Å². The fourth-order valence-electron chi connectivity index (χ4n) is 1.56. The maximum atomic E-state index is 11.2. The lowest BCUT2D eigenvalue weighted by atomic mass is 9.97. The molecule has 0 rings (SSSR count). The van der Waals surface area contributed by atoms with Crippen LogP contribution in [-0.4, -0.2) is 5.78 Å². The molecular weight excluding hydrogens is 160 g/mol. The average molecular weight is 184 g/mol. The highest BCUT2D eigenvalue weighted by Gasteiger charge is 2.09. The number of ketones is 1. The molecule has 0 saturated heterocycles. The summed E-state index contributed by atoms with van der Waals surface area (Å²) in [6, 6.07) is 0. The second-order valence-corrected chi connectivity index (χ2v) is 3.92. The van der Waals surface area contributed by atoms with E-state index in [0.717, 1.165) is 6.42 Å². The summed E-state index contributed by atoms with van der Waals surface area (Å²) in [5, 5.41) is 0. The topological polar surface area (TPSA) is 17.1 Å². The minimum absolute atomic E-state index is 0.298. The highest BCUT2D eigenvalue weighted by Crippen LogP contribution is 2.13. The van der Waals surface area contributed by atoms with Crippen molar-refractivity contribution in [3.05, 3.63) is 0 Å². The van der Waals surface area contributed by atoms with Gasteiger partial charge in [0.2, 0.25) is 0 Å². The van der Waals surface area contributed by atoms with Crippen LogP contribution in [-0.2, 0) is 4.79 Å². The first kappa shape index (κ1) is 12.7.